The highest BCUT2D eigenvalue weighted by Gasteiger charge is 2.31. The Labute approximate surface area is 237 Å². The van der Waals surface area contributed by atoms with Crippen molar-refractivity contribution < 1.29 is 38.2 Å². The molecule has 1 N–H and O–H groups in total. The van der Waals surface area contributed by atoms with Crippen LogP contribution in [0.5, 0.6) is 0 Å². The highest BCUT2D eigenvalue weighted by molar-refractivity contribution is 5.72. The Morgan fingerprint density at radius 3 is 2.00 bits per heavy atom. The number of hydrogen-bond donors (Lipinski definition) is 1. The minimum atomic E-state index is -0.886. The highest BCUT2D eigenvalue weighted by Crippen LogP contribution is 2.11. The lowest BCUT2D eigenvalue weighted by Crippen LogP contribution is -2.50. The molecule has 226 valence electrons. The van der Waals surface area contributed by atoms with Crippen molar-refractivity contribution >= 4 is 17.9 Å². The van der Waals surface area contributed by atoms with Gasteiger partial charge in [-0.25, -0.2) is 4.79 Å². The molecular formula is C31H56NO7+. The number of carbonyl (C=O) groups is 3. The van der Waals surface area contributed by atoms with Gasteiger partial charge in [-0.1, -0.05) is 70.3 Å². The molecule has 0 rings (SSSR count). The maximum absolute atomic E-state index is 12.4. The first-order chi connectivity index (χ1) is 18.6. The number of likely N-dealkylation sites (N-methyl/N-ethyl adjacent to an activating group) is 1. The second-order valence-electron chi connectivity index (χ2n) is 11.0. The summed E-state index contributed by atoms with van der Waals surface area (Å²) in [7, 11) is 5.46. The van der Waals surface area contributed by atoms with Crippen molar-refractivity contribution in [2.75, 3.05) is 41.0 Å². The molecular weight excluding hydrogens is 498 g/mol. The maximum Gasteiger partial charge on any atom is 0.362 e. The molecule has 0 aromatic carbocycles. The van der Waals surface area contributed by atoms with Gasteiger partial charge in [0.15, 0.2) is 12.1 Å². The van der Waals surface area contributed by atoms with Gasteiger partial charge in [0, 0.05) is 19.3 Å². The monoisotopic (exact) mass is 554 g/mol. The smallest absolute Gasteiger partial charge is 0.362 e. The molecule has 0 aliphatic heterocycles. The van der Waals surface area contributed by atoms with E-state index in [2.05, 4.69) is 31.2 Å². The summed E-state index contributed by atoms with van der Waals surface area (Å²) in [6.45, 7) is 4.10. The topological polar surface area (TPSA) is 99.1 Å². The second-order valence-corrected chi connectivity index (χ2v) is 11.0. The summed E-state index contributed by atoms with van der Waals surface area (Å²) in [5.41, 5.74) is 0. The Morgan fingerprint density at radius 1 is 0.795 bits per heavy atom. The van der Waals surface area contributed by atoms with Crippen molar-refractivity contribution in [2.45, 2.75) is 116 Å². The summed E-state index contributed by atoms with van der Waals surface area (Å²) in [6.07, 6.45) is 21.4. The van der Waals surface area contributed by atoms with Crippen molar-refractivity contribution in [2.24, 2.45) is 0 Å². The van der Waals surface area contributed by atoms with Gasteiger partial charge in [-0.3, -0.25) is 9.59 Å². The zero-order valence-corrected chi connectivity index (χ0v) is 25.3. The van der Waals surface area contributed by atoms with Gasteiger partial charge in [0.2, 0.25) is 0 Å². The number of allylic oxidation sites excluding steroid dienone is 4. The third kappa shape index (κ3) is 22.3. The lowest BCUT2D eigenvalue weighted by molar-refractivity contribution is -0.887. The van der Waals surface area contributed by atoms with Crippen molar-refractivity contribution in [3.8, 4) is 0 Å². The lowest BCUT2D eigenvalue weighted by atomic mass is 10.1. The minimum absolute atomic E-state index is 0.0500. The second kappa shape index (κ2) is 23.7. The van der Waals surface area contributed by atoms with Gasteiger partial charge < -0.3 is 23.8 Å². The van der Waals surface area contributed by atoms with Crippen LogP contribution >= 0.6 is 0 Å². The molecule has 2 unspecified atom stereocenters. The summed E-state index contributed by atoms with van der Waals surface area (Å²) < 4.78 is 16.6. The van der Waals surface area contributed by atoms with Gasteiger partial charge in [0.1, 0.15) is 6.61 Å². The molecule has 39 heavy (non-hydrogen) atoms. The Balaban J connectivity index is 4.16. The molecule has 0 heterocycles. The highest BCUT2D eigenvalue weighted by atomic mass is 16.6. The number of unbranched alkanes of at least 4 members (excludes halogenated alkanes) is 8. The van der Waals surface area contributed by atoms with Gasteiger partial charge in [-0.15, -0.1) is 0 Å². The number of esters is 2. The summed E-state index contributed by atoms with van der Waals surface area (Å²) in [5.74, 6) is -1.60. The number of rotatable bonds is 25. The van der Waals surface area contributed by atoms with Crippen LogP contribution in [0, 0.1) is 0 Å². The van der Waals surface area contributed by atoms with Crippen LogP contribution in [0.25, 0.3) is 0 Å². The van der Waals surface area contributed by atoms with Crippen molar-refractivity contribution in [1.29, 1.82) is 0 Å². The number of nitrogens with zero attached hydrogens (tertiary/aromatic N) is 1. The van der Waals surface area contributed by atoms with Crippen molar-refractivity contribution in [3.05, 3.63) is 24.3 Å². The Morgan fingerprint density at radius 2 is 1.41 bits per heavy atom. The van der Waals surface area contributed by atoms with Crippen LogP contribution in [0.15, 0.2) is 24.3 Å². The molecule has 0 radical (unpaired) electrons. The Kier molecular flexibility index (Phi) is 22.3. The van der Waals surface area contributed by atoms with Gasteiger partial charge in [-0.05, 0) is 38.5 Å². The first kappa shape index (κ1) is 36.8. The molecule has 0 amide bonds. The van der Waals surface area contributed by atoms with Gasteiger partial charge in [-0.2, -0.15) is 0 Å². The van der Waals surface area contributed by atoms with Crippen LogP contribution in [0.2, 0.25) is 0 Å². The summed E-state index contributed by atoms with van der Waals surface area (Å²) in [4.78, 5) is 35.4. The molecule has 0 saturated heterocycles. The van der Waals surface area contributed by atoms with Crippen molar-refractivity contribution in [3.63, 3.8) is 0 Å². The quantitative estimate of drug-likeness (QED) is 0.0618. The fourth-order valence-electron chi connectivity index (χ4n) is 3.98. The van der Waals surface area contributed by atoms with Crippen LogP contribution in [0.4, 0.5) is 0 Å². The Bertz CT molecular complexity index is 712. The molecule has 0 aromatic rings. The van der Waals surface area contributed by atoms with Crippen LogP contribution in [0.3, 0.4) is 0 Å². The van der Waals surface area contributed by atoms with E-state index in [1.165, 1.54) is 25.7 Å². The number of carbonyl (C=O) groups excluding carboxylic acids is 2. The number of quaternary nitrogens is 1. The SMILES string of the molecule is CCCCC/C=C\C/C=C\CCCCCCCC(=O)OC(COCCC(C(=O)O)[N+](C)(C)C)COC(=O)CC. The van der Waals surface area contributed by atoms with Crippen LogP contribution < -0.4 is 0 Å². The van der Waals surface area contributed by atoms with E-state index < -0.39 is 18.1 Å². The van der Waals surface area contributed by atoms with Gasteiger partial charge >= 0.3 is 17.9 Å². The normalized spacial score (nSPS) is 13.6. The molecule has 8 nitrogen and oxygen atoms in total. The number of ether oxygens (including phenoxy) is 3. The molecule has 0 saturated carbocycles. The van der Waals surface area contributed by atoms with Gasteiger partial charge in [0.25, 0.3) is 0 Å². The third-order valence-electron chi connectivity index (χ3n) is 6.41. The predicted octanol–water partition coefficient (Wildman–Crippen LogP) is 6.23. The number of hydrogen-bond acceptors (Lipinski definition) is 6. The van der Waals surface area contributed by atoms with E-state index in [0.717, 1.165) is 44.9 Å². The molecule has 0 aliphatic rings. The maximum atomic E-state index is 12.4. The fraction of sp³-hybridized carbons (Fsp3) is 0.774. The van der Waals surface area contributed by atoms with Crippen LogP contribution in [-0.4, -0.2) is 80.6 Å². The fourth-order valence-corrected chi connectivity index (χ4v) is 3.98. The van der Waals surface area contributed by atoms with E-state index in [9.17, 15) is 19.5 Å². The van der Waals surface area contributed by atoms with E-state index in [1.54, 1.807) is 6.92 Å². The first-order valence-corrected chi connectivity index (χ1v) is 14.9. The third-order valence-corrected chi connectivity index (χ3v) is 6.41. The number of carboxylic acid groups (broad SMARTS) is 1. The molecule has 0 fully saturated rings. The van der Waals surface area contributed by atoms with Crippen molar-refractivity contribution in [1.82, 2.24) is 0 Å². The molecule has 0 aliphatic carbocycles. The largest absolute Gasteiger partial charge is 0.477 e. The summed E-state index contributed by atoms with van der Waals surface area (Å²) in [5, 5.41) is 9.44. The zero-order chi connectivity index (χ0) is 29.4. The van der Waals surface area contributed by atoms with Gasteiger partial charge in [0.05, 0.1) is 34.4 Å². The molecule has 2 atom stereocenters. The average molecular weight is 555 g/mol. The number of aliphatic carboxylic acids is 1. The van der Waals surface area contributed by atoms with E-state index >= 15 is 0 Å². The molecule has 0 bridgehead atoms. The van der Waals surface area contributed by atoms with E-state index in [1.807, 2.05) is 21.1 Å². The first-order valence-electron chi connectivity index (χ1n) is 14.9. The molecule has 0 spiro atoms. The summed E-state index contributed by atoms with van der Waals surface area (Å²) in [6, 6.07) is -0.609. The minimum Gasteiger partial charge on any atom is -0.477 e. The van der Waals surface area contributed by atoms with E-state index in [0.29, 0.717) is 12.8 Å². The van der Waals surface area contributed by atoms with E-state index in [-0.39, 0.29) is 42.7 Å². The Hall–Kier alpha value is -2.19. The standard InChI is InChI=1S/C31H55NO7/c1-6-8-9-10-11-12-13-14-15-16-17-18-19-20-21-22-30(34)39-27(26-38-29(33)7-2)25-37-24-23-28(31(35)36)32(3,4)5/h11-12,14-15,27-28H,6-10,13,16-26H2,1-5H3/p+1/b12-11-,15-14-. The molecule has 8 heteroatoms. The van der Waals surface area contributed by atoms with Crippen LogP contribution in [-0.2, 0) is 28.6 Å². The average Bonchev–Trinajstić information content (AvgIpc) is 2.87. The number of carboxylic acids is 1. The van der Waals surface area contributed by atoms with E-state index in [4.69, 9.17) is 14.2 Å². The lowest BCUT2D eigenvalue weighted by Gasteiger charge is -2.31. The molecule has 0 aromatic heterocycles. The summed E-state index contributed by atoms with van der Waals surface area (Å²) >= 11 is 0. The van der Waals surface area contributed by atoms with Crippen LogP contribution in [0.1, 0.15) is 104 Å². The zero-order valence-electron chi connectivity index (χ0n) is 25.3. The predicted molar refractivity (Wildman–Crippen MR) is 155 cm³/mol.